The predicted molar refractivity (Wildman–Crippen MR) is 70.0 cm³/mol. The Morgan fingerprint density at radius 1 is 1.61 bits per heavy atom. The van der Waals surface area contributed by atoms with Crippen LogP contribution >= 0.6 is 12.4 Å². The van der Waals surface area contributed by atoms with Crippen molar-refractivity contribution in [1.29, 1.82) is 0 Å². The van der Waals surface area contributed by atoms with E-state index in [4.69, 9.17) is 9.15 Å². The fourth-order valence-corrected chi connectivity index (χ4v) is 1.95. The number of furan rings is 1. The molecule has 6 heteroatoms. The second-order valence-corrected chi connectivity index (χ2v) is 4.22. The van der Waals surface area contributed by atoms with E-state index < -0.39 is 0 Å². The van der Waals surface area contributed by atoms with Gasteiger partial charge in [0.05, 0.1) is 0 Å². The van der Waals surface area contributed by atoms with Crippen molar-refractivity contribution in [3.8, 4) is 0 Å². The van der Waals surface area contributed by atoms with Gasteiger partial charge in [-0.15, -0.1) is 12.4 Å². The van der Waals surface area contributed by atoms with Crippen LogP contribution in [-0.4, -0.2) is 32.1 Å². The van der Waals surface area contributed by atoms with Crippen LogP contribution in [0.4, 0.5) is 0 Å². The van der Waals surface area contributed by atoms with Gasteiger partial charge < -0.3 is 19.8 Å². The maximum atomic E-state index is 11.9. The number of nitrogens with one attached hydrogen (secondary N) is 2. The van der Waals surface area contributed by atoms with Gasteiger partial charge in [-0.1, -0.05) is 0 Å². The zero-order valence-electron chi connectivity index (χ0n) is 10.4. The van der Waals surface area contributed by atoms with E-state index in [1.165, 1.54) is 0 Å². The highest BCUT2D eigenvalue weighted by Gasteiger charge is 2.18. The van der Waals surface area contributed by atoms with Gasteiger partial charge in [0.1, 0.15) is 12.4 Å². The molecule has 1 aliphatic rings. The van der Waals surface area contributed by atoms with Gasteiger partial charge in [0.2, 0.25) is 0 Å². The summed E-state index contributed by atoms with van der Waals surface area (Å²) in [5.41, 5.74) is 0. The van der Waals surface area contributed by atoms with Crippen LogP contribution in [0.2, 0.25) is 0 Å². The lowest BCUT2D eigenvalue weighted by atomic mass is 10.1. The summed E-state index contributed by atoms with van der Waals surface area (Å²) in [6, 6.07) is 3.64. The molecule has 1 amide bonds. The zero-order chi connectivity index (χ0) is 12.1. The molecule has 0 saturated carbocycles. The molecule has 1 saturated heterocycles. The van der Waals surface area contributed by atoms with E-state index in [1.54, 1.807) is 19.2 Å². The number of methoxy groups -OCH3 is 1. The zero-order valence-corrected chi connectivity index (χ0v) is 11.2. The van der Waals surface area contributed by atoms with Crippen molar-refractivity contribution < 1.29 is 13.9 Å². The minimum absolute atomic E-state index is 0. The number of piperidine rings is 1. The van der Waals surface area contributed by atoms with Crippen LogP contribution in [0.3, 0.4) is 0 Å². The standard InChI is InChI=1S/C12H18N2O3.ClH/c1-16-8-10-4-5-11(17-10)12(15)14-9-3-2-6-13-7-9;/h4-5,9,13H,2-3,6-8H2,1H3,(H,14,15);1H/t9-;/m0./s1. The Hall–Kier alpha value is -1.04. The minimum atomic E-state index is -0.152. The molecule has 5 nitrogen and oxygen atoms in total. The number of hydrogen-bond donors (Lipinski definition) is 2. The molecule has 0 unspecified atom stereocenters. The van der Waals surface area contributed by atoms with E-state index in [1.807, 2.05) is 0 Å². The number of carbonyl (C=O) groups is 1. The molecule has 2 rings (SSSR count). The number of carbonyl (C=O) groups excluding carboxylic acids is 1. The SMILES string of the molecule is COCc1ccc(C(=O)N[C@H]2CCCNC2)o1.Cl. The molecular weight excluding hydrogens is 256 g/mol. The Bertz CT molecular complexity index is 375. The quantitative estimate of drug-likeness (QED) is 0.869. The maximum Gasteiger partial charge on any atom is 0.287 e. The summed E-state index contributed by atoms with van der Waals surface area (Å²) in [4.78, 5) is 11.9. The van der Waals surface area contributed by atoms with Crippen LogP contribution in [0.25, 0.3) is 0 Å². The molecule has 0 bridgehead atoms. The third kappa shape index (κ3) is 4.01. The minimum Gasteiger partial charge on any atom is -0.453 e. The van der Waals surface area contributed by atoms with E-state index in [2.05, 4.69) is 10.6 Å². The van der Waals surface area contributed by atoms with Crippen LogP contribution in [-0.2, 0) is 11.3 Å². The first kappa shape index (κ1) is 15.0. The highest BCUT2D eigenvalue weighted by molar-refractivity contribution is 5.91. The van der Waals surface area contributed by atoms with Crippen LogP contribution in [0.15, 0.2) is 16.5 Å². The molecule has 2 heterocycles. The average Bonchev–Trinajstić information content (AvgIpc) is 2.79. The third-order valence-corrected chi connectivity index (χ3v) is 2.80. The van der Waals surface area contributed by atoms with E-state index in [-0.39, 0.29) is 24.4 Å². The fraction of sp³-hybridized carbons (Fsp3) is 0.583. The van der Waals surface area contributed by atoms with Gasteiger partial charge in [-0.05, 0) is 31.5 Å². The lowest BCUT2D eigenvalue weighted by molar-refractivity contribution is 0.0894. The Balaban J connectivity index is 0.00000162. The molecule has 0 radical (unpaired) electrons. The molecule has 1 atom stereocenters. The van der Waals surface area contributed by atoms with Gasteiger partial charge in [0.25, 0.3) is 5.91 Å². The second-order valence-electron chi connectivity index (χ2n) is 4.22. The van der Waals surface area contributed by atoms with Crippen molar-refractivity contribution in [1.82, 2.24) is 10.6 Å². The monoisotopic (exact) mass is 274 g/mol. The van der Waals surface area contributed by atoms with Gasteiger partial charge in [-0.2, -0.15) is 0 Å². The Morgan fingerprint density at radius 2 is 2.44 bits per heavy atom. The van der Waals surface area contributed by atoms with Crippen molar-refractivity contribution in [3.63, 3.8) is 0 Å². The van der Waals surface area contributed by atoms with Crippen LogP contribution in [0.1, 0.15) is 29.2 Å². The summed E-state index contributed by atoms with van der Waals surface area (Å²) in [6.07, 6.45) is 2.11. The maximum absolute atomic E-state index is 11.9. The summed E-state index contributed by atoms with van der Waals surface area (Å²) in [5.74, 6) is 0.864. The second kappa shape index (κ2) is 7.41. The Morgan fingerprint density at radius 3 is 3.11 bits per heavy atom. The molecule has 1 aliphatic heterocycles. The number of halogens is 1. The van der Waals surface area contributed by atoms with Crippen LogP contribution in [0, 0.1) is 0 Å². The van der Waals surface area contributed by atoms with Crippen molar-refractivity contribution in [2.75, 3.05) is 20.2 Å². The third-order valence-electron chi connectivity index (χ3n) is 2.80. The molecular formula is C12H19ClN2O3. The normalized spacial score (nSPS) is 19.1. The molecule has 0 aromatic carbocycles. The smallest absolute Gasteiger partial charge is 0.287 e. The predicted octanol–water partition coefficient (Wildman–Crippen LogP) is 1.33. The van der Waals surface area contributed by atoms with Gasteiger partial charge in [-0.3, -0.25) is 4.79 Å². The summed E-state index contributed by atoms with van der Waals surface area (Å²) in [7, 11) is 1.59. The molecule has 0 spiro atoms. The van der Waals surface area contributed by atoms with E-state index >= 15 is 0 Å². The van der Waals surface area contributed by atoms with Gasteiger partial charge in [0.15, 0.2) is 5.76 Å². The lowest BCUT2D eigenvalue weighted by Gasteiger charge is -2.23. The fourth-order valence-electron chi connectivity index (χ4n) is 1.95. The van der Waals surface area contributed by atoms with Crippen molar-refractivity contribution in [2.45, 2.75) is 25.5 Å². The van der Waals surface area contributed by atoms with Crippen LogP contribution in [0.5, 0.6) is 0 Å². The van der Waals surface area contributed by atoms with E-state index in [9.17, 15) is 4.79 Å². The van der Waals surface area contributed by atoms with Crippen molar-refractivity contribution in [2.24, 2.45) is 0 Å². The van der Waals surface area contributed by atoms with Gasteiger partial charge in [0, 0.05) is 19.7 Å². The molecule has 2 N–H and O–H groups in total. The van der Waals surface area contributed by atoms with E-state index in [0.717, 1.165) is 25.9 Å². The topological polar surface area (TPSA) is 63.5 Å². The highest BCUT2D eigenvalue weighted by atomic mass is 35.5. The van der Waals surface area contributed by atoms with E-state index in [0.29, 0.717) is 18.1 Å². The lowest BCUT2D eigenvalue weighted by Crippen LogP contribution is -2.45. The first-order chi connectivity index (χ1) is 8.29. The largest absolute Gasteiger partial charge is 0.453 e. The highest BCUT2D eigenvalue weighted by Crippen LogP contribution is 2.10. The summed E-state index contributed by atoms with van der Waals surface area (Å²) in [6.45, 7) is 2.25. The summed E-state index contributed by atoms with van der Waals surface area (Å²) >= 11 is 0. The molecule has 1 aromatic heterocycles. The van der Waals surface area contributed by atoms with Crippen molar-refractivity contribution >= 4 is 18.3 Å². The molecule has 1 aromatic rings. The summed E-state index contributed by atoms with van der Waals surface area (Å²) in [5, 5.41) is 6.21. The Kier molecular flexibility index (Phi) is 6.18. The molecule has 0 aliphatic carbocycles. The molecule has 102 valence electrons. The van der Waals surface area contributed by atoms with Gasteiger partial charge >= 0.3 is 0 Å². The summed E-state index contributed by atoms with van der Waals surface area (Å²) < 4.78 is 10.3. The van der Waals surface area contributed by atoms with Crippen LogP contribution < -0.4 is 10.6 Å². The number of rotatable bonds is 4. The molecule has 1 fully saturated rings. The first-order valence-corrected chi connectivity index (χ1v) is 5.89. The van der Waals surface area contributed by atoms with Crippen molar-refractivity contribution in [3.05, 3.63) is 23.7 Å². The first-order valence-electron chi connectivity index (χ1n) is 5.89. The Labute approximate surface area is 113 Å². The molecule has 18 heavy (non-hydrogen) atoms. The number of hydrogen-bond acceptors (Lipinski definition) is 4. The van der Waals surface area contributed by atoms with Gasteiger partial charge in [-0.25, -0.2) is 0 Å². The number of ether oxygens (including phenoxy) is 1. The average molecular weight is 275 g/mol. The number of amides is 1.